The van der Waals surface area contributed by atoms with E-state index in [1.807, 2.05) is 25.8 Å². The third-order valence-corrected chi connectivity index (χ3v) is 5.57. The van der Waals surface area contributed by atoms with Crippen molar-refractivity contribution in [1.82, 2.24) is 20.4 Å². The summed E-state index contributed by atoms with van der Waals surface area (Å²) < 4.78 is 0. The van der Waals surface area contributed by atoms with E-state index in [2.05, 4.69) is 27.6 Å². The van der Waals surface area contributed by atoms with Gasteiger partial charge in [0.1, 0.15) is 0 Å². The molecular formula is C19H38IN5O. The predicted molar refractivity (Wildman–Crippen MR) is 119 cm³/mol. The molecule has 1 heterocycles. The topological polar surface area (TPSA) is 60.0 Å². The van der Waals surface area contributed by atoms with E-state index < -0.39 is 0 Å². The van der Waals surface area contributed by atoms with Crippen LogP contribution in [-0.4, -0.2) is 74.0 Å². The van der Waals surface area contributed by atoms with Gasteiger partial charge in [0, 0.05) is 51.2 Å². The largest absolute Gasteiger partial charge is 0.355 e. The van der Waals surface area contributed by atoms with Gasteiger partial charge in [-0.05, 0) is 32.7 Å². The van der Waals surface area contributed by atoms with E-state index in [0.29, 0.717) is 6.04 Å². The molecule has 0 aromatic heterocycles. The van der Waals surface area contributed by atoms with Crippen LogP contribution in [0.2, 0.25) is 0 Å². The van der Waals surface area contributed by atoms with Crippen LogP contribution in [0.25, 0.3) is 0 Å². The second-order valence-electron chi connectivity index (χ2n) is 7.82. The number of guanidine groups is 1. The number of nitrogens with one attached hydrogen (secondary N) is 2. The number of hydrogen-bond donors (Lipinski definition) is 2. The van der Waals surface area contributed by atoms with Crippen LogP contribution < -0.4 is 10.6 Å². The molecule has 2 fully saturated rings. The summed E-state index contributed by atoms with van der Waals surface area (Å²) in [5.74, 6) is 1.25. The summed E-state index contributed by atoms with van der Waals surface area (Å²) in [7, 11) is 4.06. The molecule has 0 aromatic carbocycles. The van der Waals surface area contributed by atoms with Crippen molar-refractivity contribution in [3.8, 4) is 0 Å². The Kier molecular flexibility index (Phi) is 10.8. The maximum atomic E-state index is 12.1. The predicted octanol–water partition coefficient (Wildman–Crippen LogP) is 2.29. The lowest BCUT2D eigenvalue weighted by atomic mass is 10.0. The number of nitrogens with zero attached hydrogens (tertiary/aromatic N) is 3. The van der Waals surface area contributed by atoms with Gasteiger partial charge in [0.15, 0.2) is 5.96 Å². The average molecular weight is 479 g/mol. The van der Waals surface area contributed by atoms with Crippen LogP contribution in [-0.2, 0) is 4.79 Å². The van der Waals surface area contributed by atoms with Crippen molar-refractivity contribution >= 4 is 35.8 Å². The Hall–Kier alpha value is -0.570. The zero-order chi connectivity index (χ0) is 18.2. The molecule has 1 aliphatic heterocycles. The molecule has 1 saturated heterocycles. The van der Waals surface area contributed by atoms with Gasteiger partial charge in [-0.15, -0.1) is 24.0 Å². The molecule has 2 aliphatic rings. The minimum absolute atomic E-state index is 0. The minimum Gasteiger partial charge on any atom is -0.355 e. The smallest absolute Gasteiger partial charge is 0.225 e. The summed E-state index contributed by atoms with van der Waals surface area (Å²) in [6.45, 7) is 7.60. The van der Waals surface area contributed by atoms with Crippen molar-refractivity contribution in [2.75, 3.05) is 40.3 Å². The summed E-state index contributed by atoms with van der Waals surface area (Å²) in [5, 5.41) is 6.96. The van der Waals surface area contributed by atoms with Gasteiger partial charge in [-0.3, -0.25) is 9.79 Å². The van der Waals surface area contributed by atoms with Crippen LogP contribution in [0.1, 0.15) is 52.4 Å². The molecule has 0 bridgehead atoms. The van der Waals surface area contributed by atoms with E-state index in [9.17, 15) is 4.79 Å². The molecule has 0 aromatic rings. The summed E-state index contributed by atoms with van der Waals surface area (Å²) in [5.41, 5.74) is 0. The highest BCUT2D eigenvalue weighted by molar-refractivity contribution is 14.0. The molecule has 1 saturated carbocycles. The second kappa shape index (κ2) is 12.0. The highest BCUT2D eigenvalue weighted by Gasteiger charge is 2.24. The lowest BCUT2D eigenvalue weighted by Gasteiger charge is -2.34. The molecular weight excluding hydrogens is 441 g/mol. The van der Waals surface area contributed by atoms with Gasteiger partial charge in [0.25, 0.3) is 0 Å². The van der Waals surface area contributed by atoms with Crippen LogP contribution in [0.15, 0.2) is 4.99 Å². The van der Waals surface area contributed by atoms with Crippen LogP contribution in [0.3, 0.4) is 0 Å². The Morgan fingerprint density at radius 3 is 2.35 bits per heavy atom. The van der Waals surface area contributed by atoms with Gasteiger partial charge in [-0.2, -0.15) is 0 Å². The fourth-order valence-electron chi connectivity index (χ4n) is 3.88. The summed E-state index contributed by atoms with van der Waals surface area (Å²) in [6.07, 6.45) is 7.42. The molecule has 26 heavy (non-hydrogen) atoms. The fraction of sp³-hybridized carbons (Fsp3) is 0.895. The molecule has 6 nitrogen and oxygen atoms in total. The number of aliphatic imine (C=N–C) groups is 1. The maximum Gasteiger partial charge on any atom is 0.225 e. The van der Waals surface area contributed by atoms with Crippen LogP contribution in [0, 0.1) is 5.92 Å². The number of hydrogen-bond acceptors (Lipinski definition) is 3. The number of amides is 1. The minimum atomic E-state index is 0. The lowest BCUT2D eigenvalue weighted by molar-refractivity contribution is -0.135. The van der Waals surface area contributed by atoms with E-state index in [4.69, 9.17) is 0 Å². The number of rotatable bonds is 6. The number of piperidine rings is 1. The average Bonchev–Trinajstić information content (AvgIpc) is 3.15. The van der Waals surface area contributed by atoms with Crippen molar-refractivity contribution in [2.24, 2.45) is 10.9 Å². The molecule has 0 radical (unpaired) electrons. The van der Waals surface area contributed by atoms with Crippen LogP contribution in [0.5, 0.6) is 0 Å². The quantitative estimate of drug-likeness (QED) is 0.349. The number of likely N-dealkylation sites (N-methyl/N-ethyl adjacent to an activating group) is 1. The third kappa shape index (κ3) is 7.21. The van der Waals surface area contributed by atoms with Gasteiger partial charge in [-0.1, -0.05) is 26.7 Å². The summed E-state index contributed by atoms with van der Waals surface area (Å²) >= 11 is 0. The standard InChI is InChI=1S/C19H37N5O.HI/c1-15(2)18(25)24-12-9-16(10-13-24)22-19(20-3)21-11-14-23(4)17-7-5-6-8-17;/h15-17H,5-14H2,1-4H3,(H2,20,21,22);1H. The van der Waals surface area contributed by atoms with Gasteiger partial charge >= 0.3 is 0 Å². The van der Waals surface area contributed by atoms with Gasteiger partial charge in [-0.25, -0.2) is 0 Å². The Morgan fingerprint density at radius 2 is 1.81 bits per heavy atom. The molecule has 0 atom stereocenters. The monoisotopic (exact) mass is 479 g/mol. The number of carbonyl (C=O) groups excluding carboxylic acids is 1. The number of carbonyl (C=O) groups is 1. The van der Waals surface area contributed by atoms with Crippen molar-refractivity contribution in [1.29, 1.82) is 0 Å². The molecule has 0 spiro atoms. The zero-order valence-electron chi connectivity index (χ0n) is 17.0. The first-order valence-electron chi connectivity index (χ1n) is 9.97. The second-order valence-corrected chi connectivity index (χ2v) is 7.82. The first kappa shape index (κ1) is 23.5. The number of halogens is 1. The molecule has 2 N–H and O–H groups in total. The Bertz CT molecular complexity index is 443. The van der Waals surface area contributed by atoms with Crippen molar-refractivity contribution in [3.63, 3.8) is 0 Å². The van der Waals surface area contributed by atoms with Crippen molar-refractivity contribution in [3.05, 3.63) is 0 Å². The fourth-order valence-corrected chi connectivity index (χ4v) is 3.88. The SMILES string of the molecule is CN=C(NCCN(C)C1CCCC1)NC1CCN(C(=O)C(C)C)CC1.I. The highest BCUT2D eigenvalue weighted by atomic mass is 127. The first-order valence-corrected chi connectivity index (χ1v) is 9.97. The number of likely N-dealkylation sites (tertiary alicyclic amines) is 1. The highest BCUT2D eigenvalue weighted by Crippen LogP contribution is 2.21. The molecule has 1 aliphatic carbocycles. The Morgan fingerprint density at radius 1 is 1.19 bits per heavy atom. The molecule has 152 valence electrons. The molecule has 1 amide bonds. The van der Waals surface area contributed by atoms with Crippen molar-refractivity contribution < 1.29 is 4.79 Å². The van der Waals surface area contributed by atoms with Crippen LogP contribution >= 0.6 is 24.0 Å². The summed E-state index contributed by atoms with van der Waals surface area (Å²) in [6, 6.07) is 1.16. The van der Waals surface area contributed by atoms with E-state index >= 15 is 0 Å². The van der Waals surface area contributed by atoms with E-state index in [-0.39, 0.29) is 35.8 Å². The molecule has 7 heteroatoms. The van der Waals surface area contributed by atoms with Gasteiger partial charge in [0.05, 0.1) is 0 Å². The van der Waals surface area contributed by atoms with Gasteiger partial charge in [0.2, 0.25) is 5.91 Å². The summed E-state index contributed by atoms with van der Waals surface area (Å²) in [4.78, 5) is 20.9. The first-order chi connectivity index (χ1) is 12.0. The normalized spacial score (nSPS) is 19.8. The molecule has 2 rings (SSSR count). The van der Waals surface area contributed by atoms with E-state index in [1.54, 1.807) is 0 Å². The van der Waals surface area contributed by atoms with Crippen LogP contribution in [0.4, 0.5) is 0 Å². The zero-order valence-corrected chi connectivity index (χ0v) is 19.3. The third-order valence-electron chi connectivity index (χ3n) is 5.57. The van der Waals surface area contributed by atoms with E-state index in [0.717, 1.165) is 51.0 Å². The van der Waals surface area contributed by atoms with Crippen molar-refractivity contribution in [2.45, 2.75) is 64.5 Å². The lowest BCUT2D eigenvalue weighted by Crippen LogP contribution is -2.51. The maximum absolute atomic E-state index is 12.1. The van der Waals surface area contributed by atoms with E-state index in [1.165, 1.54) is 25.7 Å². The molecule has 0 unspecified atom stereocenters. The Labute approximate surface area is 176 Å². The van der Waals surface area contributed by atoms with Gasteiger partial charge < -0.3 is 20.4 Å². The Balaban J connectivity index is 0.00000338.